The second kappa shape index (κ2) is 5.34. The summed E-state index contributed by atoms with van der Waals surface area (Å²) in [5.74, 6) is 1.57. The fourth-order valence-electron chi connectivity index (χ4n) is 1.72. The standard InChI is InChI=1S/C13H22O2/c1-9(2)8-10(3)11(4)15-13(14)12-6-5-7-12/h9,12H,5-8H2,1-4H3/b11-10+. The molecule has 0 atom stereocenters. The van der Waals surface area contributed by atoms with Crippen LogP contribution in [0.25, 0.3) is 0 Å². The Morgan fingerprint density at radius 3 is 2.33 bits per heavy atom. The van der Waals surface area contributed by atoms with E-state index in [0.717, 1.165) is 25.0 Å². The van der Waals surface area contributed by atoms with Gasteiger partial charge in [0, 0.05) is 0 Å². The molecule has 0 aromatic rings. The van der Waals surface area contributed by atoms with Crippen LogP contribution in [0.2, 0.25) is 0 Å². The van der Waals surface area contributed by atoms with Gasteiger partial charge in [-0.3, -0.25) is 4.79 Å². The molecule has 15 heavy (non-hydrogen) atoms. The van der Waals surface area contributed by atoms with Crippen LogP contribution in [-0.2, 0) is 9.53 Å². The minimum Gasteiger partial charge on any atom is -0.431 e. The maximum atomic E-state index is 11.6. The fraction of sp³-hybridized carbons (Fsp3) is 0.769. The van der Waals surface area contributed by atoms with E-state index >= 15 is 0 Å². The summed E-state index contributed by atoms with van der Waals surface area (Å²) in [6, 6.07) is 0. The summed E-state index contributed by atoms with van der Waals surface area (Å²) in [7, 11) is 0. The maximum absolute atomic E-state index is 11.6. The number of rotatable bonds is 4. The molecular formula is C13H22O2. The first-order chi connectivity index (χ1) is 7.00. The lowest BCUT2D eigenvalue weighted by molar-refractivity contribution is -0.147. The smallest absolute Gasteiger partial charge is 0.313 e. The van der Waals surface area contributed by atoms with Gasteiger partial charge in [-0.2, -0.15) is 0 Å². The minimum absolute atomic E-state index is 0.0261. The second-order valence-electron chi connectivity index (χ2n) is 4.98. The van der Waals surface area contributed by atoms with Crippen LogP contribution in [0.4, 0.5) is 0 Å². The van der Waals surface area contributed by atoms with Crippen molar-refractivity contribution in [1.82, 2.24) is 0 Å². The van der Waals surface area contributed by atoms with Crippen LogP contribution >= 0.6 is 0 Å². The van der Waals surface area contributed by atoms with E-state index in [-0.39, 0.29) is 11.9 Å². The summed E-state index contributed by atoms with van der Waals surface area (Å²) in [5, 5.41) is 0. The monoisotopic (exact) mass is 210 g/mol. The topological polar surface area (TPSA) is 26.3 Å². The van der Waals surface area contributed by atoms with E-state index in [2.05, 4.69) is 13.8 Å². The molecule has 0 radical (unpaired) electrons. The van der Waals surface area contributed by atoms with E-state index < -0.39 is 0 Å². The van der Waals surface area contributed by atoms with Crippen LogP contribution in [0.15, 0.2) is 11.3 Å². The average molecular weight is 210 g/mol. The molecule has 0 unspecified atom stereocenters. The summed E-state index contributed by atoms with van der Waals surface area (Å²) < 4.78 is 5.36. The Balaban J connectivity index is 2.44. The molecule has 0 bridgehead atoms. The van der Waals surface area contributed by atoms with Gasteiger partial charge in [-0.05, 0) is 44.6 Å². The number of esters is 1. The van der Waals surface area contributed by atoms with Gasteiger partial charge in [0.25, 0.3) is 0 Å². The van der Waals surface area contributed by atoms with Gasteiger partial charge in [-0.15, -0.1) is 0 Å². The molecule has 0 amide bonds. The van der Waals surface area contributed by atoms with Crippen LogP contribution < -0.4 is 0 Å². The molecule has 2 heteroatoms. The normalized spacial score (nSPS) is 18.5. The third-order valence-corrected chi connectivity index (χ3v) is 3.01. The van der Waals surface area contributed by atoms with Gasteiger partial charge in [-0.1, -0.05) is 20.3 Å². The highest BCUT2D eigenvalue weighted by molar-refractivity contribution is 5.74. The lowest BCUT2D eigenvalue weighted by atomic mass is 9.86. The third-order valence-electron chi connectivity index (χ3n) is 3.01. The van der Waals surface area contributed by atoms with Crippen molar-refractivity contribution in [2.24, 2.45) is 11.8 Å². The first-order valence-electron chi connectivity index (χ1n) is 5.88. The summed E-state index contributed by atoms with van der Waals surface area (Å²) in [6.45, 7) is 8.28. The third kappa shape index (κ3) is 3.69. The van der Waals surface area contributed by atoms with Crippen molar-refractivity contribution in [2.45, 2.75) is 53.4 Å². The van der Waals surface area contributed by atoms with Crippen LogP contribution in [0.3, 0.4) is 0 Å². The van der Waals surface area contributed by atoms with E-state index in [0.29, 0.717) is 5.92 Å². The van der Waals surface area contributed by atoms with Crippen molar-refractivity contribution in [3.63, 3.8) is 0 Å². The highest BCUT2D eigenvalue weighted by Gasteiger charge is 2.27. The van der Waals surface area contributed by atoms with Crippen LogP contribution in [0.1, 0.15) is 53.4 Å². The number of ether oxygens (including phenoxy) is 1. The van der Waals surface area contributed by atoms with E-state index in [1.807, 2.05) is 13.8 Å². The van der Waals surface area contributed by atoms with Gasteiger partial charge in [0.05, 0.1) is 5.92 Å². The van der Waals surface area contributed by atoms with Gasteiger partial charge in [0.15, 0.2) is 0 Å². The number of allylic oxidation sites excluding steroid dienone is 2. The molecule has 1 aliphatic rings. The maximum Gasteiger partial charge on any atom is 0.313 e. The molecule has 0 N–H and O–H groups in total. The number of hydrogen-bond donors (Lipinski definition) is 0. The summed E-state index contributed by atoms with van der Waals surface area (Å²) in [5.41, 5.74) is 1.19. The van der Waals surface area contributed by atoms with Crippen molar-refractivity contribution in [1.29, 1.82) is 0 Å². The highest BCUT2D eigenvalue weighted by Crippen LogP contribution is 2.28. The second-order valence-corrected chi connectivity index (χ2v) is 4.98. The van der Waals surface area contributed by atoms with Crippen molar-refractivity contribution in [3.8, 4) is 0 Å². The summed E-state index contributed by atoms with van der Waals surface area (Å²) in [4.78, 5) is 11.6. The molecule has 0 saturated heterocycles. The molecule has 0 aromatic heterocycles. The number of carbonyl (C=O) groups excluding carboxylic acids is 1. The lowest BCUT2D eigenvalue weighted by Crippen LogP contribution is -2.23. The van der Waals surface area contributed by atoms with Gasteiger partial charge >= 0.3 is 5.97 Å². The predicted octanol–water partition coefficient (Wildman–Crippen LogP) is 3.67. The van der Waals surface area contributed by atoms with E-state index in [4.69, 9.17) is 4.74 Å². The zero-order valence-electron chi connectivity index (χ0n) is 10.3. The molecule has 86 valence electrons. The van der Waals surface area contributed by atoms with E-state index in [1.165, 1.54) is 12.0 Å². The number of hydrogen-bond acceptors (Lipinski definition) is 2. The molecule has 1 rings (SSSR count). The van der Waals surface area contributed by atoms with E-state index in [9.17, 15) is 4.79 Å². The Kier molecular flexibility index (Phi) is 4.37. The predicted molar refractivity (Wildman–Crippen MR) is 61.3 cm³/mol. The lowest BCUT2D eigenvalue weighted by Gasteiger charge is -2.23. The van der Waals surface area contributed by atoms with Gasteiger partial charge in [-0.25, -0.2) is 0 Å². The molecule has 1 saturated carbocycles. The molecular weight excluding hydrogens is 188 g/mol. The molecule has 0 spiro atoms. The Hall–Kier alpha value is -0.790. The van der Waals surface area contributed by atoms with Crippen LogP contribution in [0, 0.1) is 11.8 Å². The van der Waals surface area contributed by atoms with Crippen molar-refractivity contribution in [3.05, 3.63) is 11.3 Å². The SMILES string of the molecule is C/C(CC(C)C)=C(/C)OC(=O)C1CCC1. The van der Waals surface area contributed by atoms with Crippen molar-refractivity contribution < 1.29 is 9.53 Å². The van der Waals surface area contributed by atoms with Crippen molar-refractivity contribution >= 4 is 5.97 Å². The molecule has 1 fully saturated rings. The first-order valence-corrected chi connectivity index (χ1v) is 5.88. The molecule has 2 nitrogen and oxygen atoms in total. The Labute approximate surface area is 92.7 Å². The molecule has 0 heterocycles. The Morgan fingerprint density at radius 2 is 1.93 bits per heavy atom. The van der Waals surface area contributed by atoms with Gasteiger partial charge in [0.2, 0.25) is 0 Å². The Bertz CT molecular complexity index is 260. The highest BCUT2D eigenvalue weighted by atomic mass is 16.5. The largest absolute Gasteiger partial charge is 0.431 e. The molecule has 1 aliphatic carbocycles. The first kappa shape index (κ1) is 12.3. The zero-order chi connectivity index (χ0) is 11.4. The zero-order valence-corrected chi connectivity index (χ0v) is 10.3. The molecule has 0 aliphatic heterocycles. The van der Waals surface area contributed by atoms with Gasteiger partial charge in [0.1, 0.15) is 5.76 Å². The van der Waals surface area contributed by atoms with Crippen molar-refractivity contribution in [2.75, 3.05) is 0 Å². The molecule has 0 aromatic carbocycles. The summed E-state index contributed by atoms with van der Waals surface area (Å²) >= 11 is 0. The van der Waals surface area contributed by atoms with Crippen LogP contribution in [0.5, 0.6) is 0 Å². The Morgan fingerprint density at radius 1 is 1.33 bits per heavy atom. The summed E-state index contributed by atoms with van der Waals surface area (Å²) in [6.07, 6.45) is 4.20. The van der Waals surface area contributed by atoms with Gasteiger partial charge < -0.3 is 4.74 Å². The average Bonchev–Trinajstić information content (AvgIpc) is 1.98. The van der Waals surface area contributed by atoms with E-state index in [1.54, 1.807) is 0 Å². The quantitative estimate of drug-likeness (QED) is 0.522. The fourth-order valence-corrected chi connectivity index (χ4v) is 1.72. The minimum atomic E-state index is -0.0261. The van der Waals surface area contributed by atoms with Crippen LogP contribution in [-0.4, -0.2) is 5.97 Å². The number of carbonyl (C=O) groups is 1.